The maximum Gasteiger partial charge on any atom is 0.271 e. The molecule has 5 heteroatoms. The van der Waals surface area contributed by atoms with Gasteiger partial charge in [0.1, 0.15) is 0 Å². The van der Waals surface area contributed by atoms with Crippen LogP contribution in [0.25, 0.3) is 5.69 Å². The molecule has 4 nitrogen and oxygen atoms in total. The van der Waals surface area contributed by atoms with Crippen molar-refractivity contribution < 1.29 is 4.79 Å². The van der Waals surface area contributed by atoms with Crippen molar-refractivity contribution in [3.8, 4) is 5.69 Å². The summed E-state index contributed by atoms with van der Waals surface area (Å²) >= 11 is 5.91. The normalized spacial score (nSPS) is 10.7. The van der Waals surface area contributed by atoms with Crippen molar-refractivity contribution in [1.82, 2.24) is 15.1 Å². The molecule has 0 aliphatic carbocycles. The van der Waals surface area contributed by atoms with Crippen LogP contribution in [0.2, 0.25) is 5.02 Å². The van der Waals surface area contributed by atoms with Gasteiger partial charge in [-0.15, -0.1) is 0 Å². The number of hydrogen-bond donors (Lipinski definition) is 1. The Labute approximate surface area is 111 Å². The molecule has 1 N–H and O–H groups in total. The third-order valence-corrected chi connectivity index (χ3v) is 2.55. The number of nitrogens with zero attached hydrogens (tertiary/aromatic N) is 2. The highest BCUT2D eigenvalue weighted by molar-refractivity contribution is 6.30. The summed E-state index contributed by atoms with van der Waals surface area (Å²) in [7, 11) is 0. The fourth-order valence-electron chi connectivity index (χ4n) is 1.54. The highest BCUT2D eigenvalue weighted by atomic mass is 35.5. The van der Waals surface area contributed by atoms with Crippen LogP contribution in [0.3, 0.4) is 0 Å². The minimum absolute atomic E-state index is 0.0915. The van der Waals surface area contributed by atoms with Gasteiger partial charge in [0.15, 0.2) is 5.69 Å². The van der Waals surface area contributed by atoms with Gasteiger partial charge in [-0.05, 0) is 38.1 Å². The molecular weight excluding hydrogens is 250 g/mol. The van der Waals surface area contributed by atoms with E-state index >= 15 is 0 Å². The molecule has 2 aromatic rings. The van der Waals surface area contributed by atoms with Crippen molar-refractivity contribution in [1.29, 1.82) is 0 Å². The average Bonchev–Trinajstić information content (AvgIpc) is 2.77. The van der Waals surface area contributed by atoms with Gasteiger partial charge in [-0.2, -0.15) is 5.10 Å². The van der Waals surface area contributed by atoms with Crippen LogP contribution >= 0.6 is 11.6 Å². The molecule has 1 aromatic carbocycles. The molecule has 0 unspecified atom stereocenters. The van der Waals surface area contributed by atoms with E-state index in [1.807, 2.05) is 26.0 Å². The number of carbonyl (C=O) groups excluding carboxylic acids is 1. The van der Waals surface area contributed by atoms with Crippen molar-refractivity contribution in [2.24, 2.45) is 0 Å². The first-order valence-corrected chi connectivity index (χ1v) is 6.06. The van der Waals surface area contributed by atoms with Gasteiger partial charge in [0, 0.05) is 17.3 Å². The molecule has 0 atom stereocenters. The molecule has 0 aliphatic heterocycles. The summed E-state index contributed by atoms with van der Waals surface area (Å²) < 4.78 is 1.63. The predicted octanol–water partition coefficient (Wildman–Crippen LogP) is 2.66. The molecule has 0 saturated carbocycles. The van der Waals surface area contributed by atoms with E-state index in [4.69, 9.17) is 11.6 Å². The molecule has 1 amide bonds. The molecule has 1 aromatic heterocycles. The van der Waals surface area contributed by atoms with Crippen molar-refractivity contribution in [3.05, 3.63) is 47.2 Å². The van der Waals surface area contributed by atoms with E-state index in [1.54, 1.807) is 29.1 Å². The summed E-state index contributed by atoms with van der Waals surface area (Å²) in [4.78, 5) is 11.8. The maximum atomic E-state index is 11.8. The first-order valence-electron chi connectivity index (χ1n) is 5.69. The van der Waals surface area contributed by atoms with E-state index in [-0.39, 0.29) is 11.9 Å². The molecule has 0 spiro atoms. The Balaban J connectivity index is 2.23. The van der Waals surface area contributed by atoms with Gasteiger partial charge < -0.3 is 5.32 Å². The average molecular weight is 264 g/mol. The number of amides is 1. The van der Waals surface area contributed by atoms with Crippen molar-refractivity contribution in [2.45, 2.75) is 19.9 Å². The number of nitrogens with one attached hydrogen (secondary N) is 1. The lowest BCUT2D eigenvalue weighted by atomic mass is 10.3. The quantitative estimate of drug-likeness (QED) is 0.925. The Kier molecular flexibility index (Phi) is 3.67. The van der Waals surface area contributed by atoms with Crippen LogP contribution in [0, 0.1) is 0 Å². The zero-order valence-corrected chi connectivity index (χ0v) is 11.0. The van der Waals surface area contributed by atoms with Crippen molar-refractivity contribution in [2.75, 3.05) is 0 Å². The van der Waals surface area contributed by atoms with Gasteiger partial charge in [-0.3, -0.25) is 4.79 Å². The Bertz CT molecular complexity index is 563. The highest BCUT2D eigenvalue weighted by Gasteiger charge is 2.10. The maximum absolute atomic E-state index is 11.8. The lowest BCUT2D eigenvalue weighted by molar-refractivity contribution is 0.0937. The lowest BCUT2D eigenvalue weighted by Gasteiger charge is -2.05. The van der Waals surface area contributed by atoms with Crippen LogP contribution in [0.15, 0.2) is 36.5 Å². The molecular formula is C13H14ClN3O. The summed E-state index contributed by atoms with van der Waals surface area (Å²) in [6.07, 6.45) is 1.74. The second-order valence-electron chi connectivity index (χ2n) is 4.25. The monoisotopic (exact) mass is 263 g/mol. The Morgan fingerprint density at radius 2 is 2.17 bits per heavy atom. The van der Waals surface area contributed by atoms with E-state index in [2.05, 4.69) is 10.4 Å². The standard InChI is InChI=1S/C13H14ClN3O/c1-9(2)15-13(18)12-6-7-17(16-12)11-5-3-4-10(14)8-11/h3-9H,1-2H3,(H,15,18). The second kappa shape index (κ2) is 5.23. The number of rotatable bonds is 3. The van der Waals surface area contributed by atoms with Gasteiger partial charge in [0.05, 0.1) is 5.69 Å². The third kappa shape index (κ3) is 2.90. The first kappa shape index (κ1) is 12.6. The third-order valence-electron chi connectivity index (χ3n) is 2.31. The van der Waals surface area contributed by atoms with E-state index in [9.17, 15) is 4.79 Å². The van der Waals surface area contributed by atoms with Gasteiger partial charge in [0.25, 0.3) is 5.91 Å². The molecule has 0 radical (unpaired) electrons. The number of halogens is 1. The fraction of sp³-hybridized carbons (Fsp3) is 0.231. The first-order chi connectivity index (χ1) is 8.56. The van der Waals surface area contributed by atoms with Crippen LogP contribution in [-0.4, -0.2) is 21.7 Å². The smallest absolute Gasteiger partial charge is 0.271 e. The zero-order valence-electron chi connectivity index (χ0n) is 10.2. The number of carbonyl (C=O) groups is 1. The van der Waals surface area contributed by atoms with Crippen molar-refractivity contribution in [3.63, 3.8) is 0 Å². The predicted molar refractivity (Wildman–Crippen MR) is 71.2 cm³/mol. The molecule has 18 heavy (non-hydrogen) atoms. The fourth-order valence-corrected chi connectivity index (χ4v) is 1.73. The molecule has 0 saturated heterocycles. The number of aromatic nitrogens is 2. The summed E-state index contributed by atoms with van der Waals surface area (Å²) in [5, 5.41) is 7.65. The van der Waals surface area contributed by atoms with Crippen LogP contribution in [-0.2, 0) is 0 Å². The van der Waals surface area contributed by atoms with Gasteiger partial charge in [-0.25, -0.2) is 4.68 Å². The molecule has 0 fully saturated rings. The highest BCUT2D eigenvalue weighted by Crippen LogP contribution is 2.14. The van der Waals surface area contributed by atoms with Crippen LogP contribution in [0.1, 0.15) is 24.3 Å². The topological polar surface area (TPSA) is 46.9 Å². The Morgan fingerprint density at radius 1 is 1.39 bits per heavy atom. The van der Waals surface area contributed by atoms with Crippen molar-refractivity contribution >= 4 is 17.5 Å². The molecule has 2 rings (SSSR count). The van der Waals surface area contributed by atoms with Gasteiger partial charge >= 0.3 is 0 Å². The van der Waals surface area contributed by atoms with Crippen LogP contribution in [0.4, 0.5) is 0 Å². The van der Waals surface area contributed by atoms with E-state index in [0.717, 1.165) is 5.69 Å². The lowest BCUT2D eigenvalue weighted by Crippen LogP contribution is -2.30. The minimum Gasteiger partial charge on any atom is -0.348 e. The van der Waals surface area contributed by atoms with Gasteiger partial charge in [-0.1, -0.05) is 17.7 Å². The van der Waals surface area contributed by atoms with Crippen LogP contribution in [0.5, 0.6) is 0 Å². The molecule has 1 heterocycles. The molecule has 0 aliphatic rings. The minimum atomic E-state index is -0.175. The summed E-state index contributed by atoms with van der Waals surface area (Å²) in [6, 6.07) is 9.07. The largest absolute Gasteiger partial charge is 0.348 e. The van der Waals surface area contributed by atoms with E-state index in [1.165, 1.54) is 0 Å². The number of hydrogen-bond acceptors (Lipinski definition) is 2. The molecule has 94 valence electrons. The van der Waals surface area contributed by atoms with E-state index in [0.29, 0.717) is 10.7 Å². The number of benzene rings is 1. The second-order valence-corrected chi connectivity index (χ2v) is 4.69. The van der Waals surface area contributed by atoms with Gasteiger partial charge in [0.2, 0.25) is 0 Å². The zero-order chi connectivity index (χ0) is 13.1. The van der Waals surface area contributed by atoms with E-state index < -0.39 is 0 Å². The Hall–Kier alpha value is -1.81. The molecule has 0 bridgehead atoms. The Morgan fingerprint density at radius 3 is 2.83 bits per heavy atom. The summed E-state index contributed by atoms with van der Waals surface area (Å²) in [5.41, 5.74) is 1.22. The summed E-state index contributed by atoms with van der Waals surface area (Å²) in [6.45, 7) is 3.82. The van der Waals surface area contributed by atoms with Crippen LogP contribution < -0.4 is 5.32 Å². The SMILES string of the molecule is CC(C)NC(=O)c1ccn(-c2cccc(Cl)c2)n1. The summed E-state index contributed by atoms with van der Waals surface area (Å²) in [5.74, 6) is -0.175.